The molecule has 104 valence electrons. The van der Waals surface area contributed by atoms with E-state index >= 15 is 0 Å². The first-order valence-corrected chi connectivity index (χ1v) is 7.85. The SMILES string of the molecule is C=CC(=O)Nc1ccc2c(N3CCCCC3)csc2c1. The third-order valence-electron chi connectivity index (χ3n) is 3.70. The largest absolute Gasteiger partial charge is 0.370 e. The Morgan fingerprint density at radius 1 is 1.30 bits per heavy atom. The Hall–Kier alpha value is -1.81. The van der Waals surface area contributed by atoms with E-state index < -0.39 is 0 Å². The lowest BCUT2D eigenvalue weighted by Gasteiger charge is -2.28. The van der Waals surface area contributed by atoms with E-state index in [1.807, 2.05) is 12.1 Å². The van der Waals surface area contributed by atoms with Crippen LogP contribution in [0.4, 0.5) is 11.4 Å². The van der Waals surface area contributed by atoms with Crippen molar-refractivity contribution in [2.24, 2.45) is 0 Å². The van der Waals surface area contributed by atoms with E-state index in [0.717, 1.165) is 18.8 Å². The van der Waals surface area contributed by atoms with Gasteiger partial charge in [-0.15, -0.1) is 11.3 Å². The van der Waals surface area contributed by atoms with Gasteiger partial charge in [0, 0.05) is 34.2 Å². The van der Waals surface area contributed by atoms with Gasteiger partial charge in [-0.1, -0.05) is 6.58 Å². The molecule has 1 saturated heterocycles. The molecule has 0 aliphatic carbocycles. The van der Waals surface area contributed by atoms with Gasteiger partial charge in [0.2, 0.25) is 5.91 Å². The Morgan fingerprint density at radius 3 is 2.85 bits per heavy atom. The van der Waals surface area contributed by atoms with E-state index in [1.54, 1.807) is 11.3 Å². The highest BCUT2D eigenvalue weighted by Gasteiger charge is 2.15. The molecule has 2 heterocycles. The summed E-state index contributed by atoms with van der Waals surface area (Å²) in [5, 5.41) is 6.33. The van der Waals surface area contributed by atoms with E-state index in [9.17, 15) is 4.79 Å². The molecule has 20 heavy (non-hydrogen) atoms. The first-order valence-electron chi connectivity index (χ1n) is 6.97. The maximum absolute atomic E-state index is 11.3. The number of carbonyl (C=O) groups is 1. The molecular formula is C16H18N2OS. The maximum atomic E-state index is 11.3. The summed E-state index contributed by atoms with van der Waals surface area (Å²) < 4.78 is 1.22. The predicted octanol–water partition coefficient (Wildman–Crippen LogP) is 4.02. The molecule has 0 spiro atoms. The van der Waals surface area contributed by atoms with Gasteiger partial charge < -0.3 is 10.2 Å². The molecule has 0 radical (unpaired) electrons. The van der Waals surface area contributed by atoms with Gasteiger partial charge in [-0.25, -0.2) is 0 Å². The fourth-order valence-electron chi connectivity index (χ4n) is 2.66. The lowest BCUT2D eigenvalue weighted by molar-refractivity contribution is -0.111. The number of thiophene rings is 1. The first kappa shape index (κ1) is 13.2. The minimum atomic E-state index is -0.169. The van der Waals surface area contributed by atoms with Crippen LogP contribution in [0.1, 0.15) is 19.3 Å². The molecular weight excluding hydrogens is 268 g/mol. The number of anilines is 2. The third-order valence-corrected chi connectivity index (χ3v) is 4.64. The van der Waals surface area contributed by atoms with Gasteiger partial charge in [-0.2, -0.15) is 0 Å². The van der Waals surface area contributed by atoms with Crippen molar-refractivity contribution in [1.82, 2.24) is 0 Å². The Kier molecular flexibility index (Phi) is 3.74. The highest BCUT2D eigenvalue weighted by Crippen LogP contribution is 2.35. The van der Waals surface area contributed by atoms with Crippen molar-refractivity contribution < 1.29 is 4.79 Å². The lowest BCUT2D eigenvalue weighted by atomic mass is 10.1. The van der Waals surface area contributed by atoms with Crippen molar-refractivity contribution in [1.29, 1.82) is 0 Å². The molecule has 4 heteroatoms. The van der Waals surface area contributed by atoms with E-state index in [0.29, 0.717) is 0 Å². The monoisotopic (exact) mass is 286 g/mol. The van der Waals surface area contributed by atoms with E-state index in [-0.39, 0.29) is 5.91 Å². The van der Waals surface area contributed by atoms with Crippen LogP contribution in [0.25, 0.3) is 10.1 Å². The van der Waals surface area contributed by atoms with Crippen LogP contribution in [0.2, 0.25) is 0 Å². The van der Waals surface area contributed by atoms with Gasteiger partial charge in [-0.05, 0) is 43.5 Å². The highest BCUT2D eigenvalue weighted by atomic mass is 32.1. The van der Waals surface area contributed by atoms with Crippen LogP contribution >= 0.6 is 11.3 Å². The summed E-state index contributed by atoms with van der Waals surface area (Å²) in [7, 11) is 0. The quantitative estimate of drug-likeness (QED) is 0.864. The Morgan fingerprint density at radius 2 is 2.10 bits per heavy atom. The zero-order chi connectivity index (χ0) is 13.9. The summed E-state index contributed by atoms with van der Waals surface area (Å²) in [6, 6.07) is 6.10. The molecule has 1 amide bonds. The summed E-state index contributed by atoms with van der Waals surface area (Å²) in [6.07, 6.45) is 5.20. The van der Waals surface area contributed by atoms with Crippen LogP contribution in [-0.4, -0.2) is 19.0 Å². The molecule has 1 fully saturated rings. The minimum absolute atomic E-state index is 0.169. The van der Waals surface area contributed by atoms with Gasteiger partial charge in [0.15, 0.2) is 0 Å². The van der Waals surface area contributed by atoms with E-state index in [4.69, 9.17) is 0 Å². The molecule has 0 saturated carbocycles. The smallest absolute Gasteiger partial charge is 0.247 e. The molecule has 1 N–H and O–H groups in total. The average Bonchev–Trinajstić information content (AvgIpc) is 2.91. The Bertz CT molecular complexity index is 641. The zero-order valence-electron chi connectivity index (χ0n) is 11.4. The predicted molar refractivity (Wildman–Crippen MR) is 86.7 cm³/mol. The second-order valence-corrected chi connectivity index (χ2v) is 5.98. The summed E-state index contributed by atoms with van der Waals surface area (Å²) in [6.45, 7) is 5.78. The second kappa shape index (κ2) is 5.67. The maximum Gasteiger partial charge on any atom is 0.247 e. The second-order valence-electron chi connectivity index (χ2n) is 5.07. The van der Waals surface area contributed by atoms with Crippen LogP contribution in [0.5, 0.6) is 0 Å². The Labute approximate surface area is 122 Å². The standard InChI is InChI=1S/C16H18N2OS/c1-2-16(19)17-12-6-7-13-14(11-20-15(13)10-12)18-8-4-3-5-9-18/h2,6-7,10-11H,1,3-5,8-9H2,(H,17,19). The first-order chi connectivity index (χ1) is 9.78. The van der Waals surface area contributed by atoms with Crippen LogP contribution in [0.3, 0.4) is 0 Å². The number of piperidine rings is 1. The molecule has 2 aromatic rings. The number of nitrogens with one attached hydrogen (secondary N) is 1. The number of rotatable bonds is 3. The number of benzene rings is 1. The van der Waals surface area contributed by atoms with Crippen molar-refractivity contribution in [3.63, 3.8) is 0 Å². The number of amides is 1. The van der Waals surface area contributed by atoms with Crippen molar-refractivity contribution in [3.05, 3.63) is 36.2 Å². The lowest BCUT2D eigenvalue weighted by Crippen LogP contribution is -2.28. The van der Waals surface area contributed by atoms with Crippen LogP contribution in [0, 0.1) is 0 Å². The molecule has 1 aliphatic rings. The summed E-state index contributed by atoms with van der Waals surface area (Å²) >= 11 is 1.74. The number of fused-ring (bicyclic) bond motifs is 1. The number of hydrogen-bond donors (Lipinski definition) is 1. The number of hydrogen-bond acceptors (Lipinski definition) is 3. The summed E-state index contributed by atoms with van der Waals surface area (Å²) in [4.78, 5) is 13.8. The van der Waals surface area contributed by atoms with Gasteiger partial charge in [0.1, 0.15) is 0 Å². The van der Waals surface area contributed by atoms with E-state index in [1.165, 1.54) is 41.1 Å². The molecule has 0 atom stereocenters. The molecule has 1 aromatic carbocycles. The molecule has 0 bridgehead atoms. The van der Waals surface area contributed by atoms with Crippen LogP contribution in [0.15, 0.2) is 36.2 Å². The van der Waals surface area contributed by atoms with Crippen molar-refractivity contribution >= 4 is 38.7 Å². The Balaban J connectivity index is 1.89. The number of carbonyl (C=O) groups excluding carboxylic acids is 1. The van der Waals surface area contributed by atoms with Crippen molar-refractivity contribution in [3.8, 4) is 0 Å². The van der Waals surface area contributed by atoms with Gasteiger partial charge >= 0.3 is 0 Å². The van der Waals surface area contributed by atoms with Gasteiger partial charge in [-0.3, -0.25) is 4.79 Å². The molecule has 3 nitrogen and oxygen atoms in total. The minimum Gasteiger partial charge on any atom is -0.370 e. The van der Waals surface area contributed by atoms with Crippen molar-refractivity contribution in [2.75, 3.05) is 23.3 Å². The molecule has 1 aromatic heterocycles. The van der Waals surface area contributed by atoms with E-state index in [2.05, 4.69) is 28.2 Å². The third kappa shape index (κ3) is 2.56. The number of nitrogens with zero attached hydrogens (tertiary/aromatic N) is 1. The molecule has 3 rings (SSSR count). The van der Waals surface area contributed by atoms with Gasteiger partial charge in [0.05, 0.1) is 5.69 Å². The average molecular weight is 286 g/mol. The van der Waals surface area contributed by atoms with Crippen LogP contribution < -0.4 is 10.2 Å². The molecule has 0 unspecified atom stereocenters. The van der Waals surface area contributed by atoms with Crippen LogP contribution in [-0.2, 0) is 4.79 Å². The zero-order valence-corrected chi connectivity index (χ0v) is 12.2. The van der Waals surface area contributed by atoms with Gasteiger partial charge in [0.25, 0.3) is 0 Å². The topological polar surface area (TPSA) is 32.3 Å². The highest BCUT2D eigenvalue weighted by molar-refractivity contribution is 7.17. The molecule has 1 aliphatic heterocycles. The fourth-order valence-corrected chi connectivity index (χ4v) is 3.67. The summed E-state index contributed by atoms with van der Waals surface area (Å²) in [5.74, 6) is -0.169. The fraction of sp³-hybridized carbons (Fsp3) is 0.312. The normalized spacial score (nSPS) is 15.3. The van der Waals surface area contributed by atoms with Crippen molar-refractivity contribution in [2.45, 2.75) is 19.3 Å². The summed E-state index contributed by atoms with van der Waals surface area (Å²) in [5.41, 5.74) is 2.17.